The lowest BCUT2D eigenvalue weighted by atomic mass is 10.0. The highest BCUT2D eigenvalue weighted by Crippen LogP contribution is 2.39. The van der Waals surface area contributed by atoms with Crippen LogP contribution in [0.25, 0.3) is 0 Å². The minimum absolute atomic E-state index is 0.0102. The number of rotatable bonds is 3. The van der Waals surface area contributed by atoms with E-state index in [4.69, 9.17) is 0 Å². The van der Waals surface area contributed by atoms with Crippen LogP contribution in [0.15, 0.2) is 29.4 Å². The van der Waals surface area contributed by atoms with Crippen molar-refractivity contribution < 1.29 is 17.7 Å². The van der Waals surface area contributed by atoms with Crippen LogP contribution in [-0.2, 0) is 11.2 Å². The lowest BCUT2D eigenvalue weighted by Crippen LogP contribution is -2.10. The molecule has 0 N–H and O–H groups in total. The molecule has 1 aliphatic heterocycles. The van der Waals surface area contributed by atoms with E-state index in [2.05, 4.69) is 10.1 Å². The average molecular weight is 301 g/mol. The fourth-order valence-electron chi connectivity index (χ4n) is 2.30. The predicted octanol–water partition coefficient (Wildman–Crippen LogP) is 2.46. The van der Waals surface area contributed by atoms with E-state index in [1.54, 1.807) is 6.07 Å². The second-order valence-electron chi connectivity index (χ2n) is 4.43. The van der Waals surface area contributed by atoms with Crippen molar-refractivity contribution in [3.05, 3.63) is 41.5 Å². The van der Waals surface area contributed by atoms with Crippen molar-refractivity contribution in [1.29, 1.82) is 0 Å². The molecule has 2 heterocycles. The first-order chi connectivity index (χ1) is 9.60. The fraction of sp³-hybridized carbons (Fsp3) is 0.333. The Balaban J connectivity index is 2.00. The van der Waals surface area contributed by atoms with E-state index in [1.807, 2.05) is 0 Å². The minimum Gasteiger partial charge on any atom is -0.607 e. The molecule has 20 heavy (non-hydrogen) atoms. The maximum atomic E-state index is 13.9. The summed E-state index contributed by atoms with van der Waals surface area (Å²) in [4.78, 5) is 3.78. The Morgan fingerprint density at radius 2 is 2.25 bits per heavy atom. The normalized spacial score (nSPS) is 22.8. The zero-order valence-corrected chi connectivity index (χ0v) is 11.0. The van der Waals surface area contributed by atoms with E-state index in [9.17, 15) is 17.7 Å². The van der Waals surface area contributed by atoms with Crippen LogP contribution in [0.3, 0.4) is 0 Å². The zero-order valence-electron chi connectivity index (χ0n) is 10.2. The Morgan fingerprint density at radius 1 is 1.45 bits per heavy atom. The maximum Gasteiger partial charge on any atom is 0.364 e. The lowest BCUT2D eigenvalue weighted by molar-refractivity contribution is 0.326. The molecule has 1 aromatic heterocycles. The van der Waals surface area contributed by atoms with Crippen LogP contribution in [0.5, 0.6) is 0 Å². The van der Waals surface area contributed by atoms with Gasteiger partial charge in [-0.3, -0.25) is 0 Å². The highest BCUT2D eigenvalue weighted by Gasteiger charge is 2.37. The molecule has 0 saturated heterocycles. The molecule has 106 valence electrons. The smallest absolute Gasteiger partial charge is 0.364 e. The Hall–Kier alpha value is -1.54. The van der Waals surface area contributed by atoms with Gasteiger partial charge in [-0.15, -0.1) is 5.10 Å². The summed E-state index contributed by atoms with van der Waals surface area (Å²) in [5, 5.41) is 3.67. The van der Waals surface area contributed by atoms with Crippen LogP contribution < -0.4 is 0 Å². The Labute approximate surface area is 115 Å². The van der Waals surface area contributed by atoms with Crippen LogP contribution in [0.1, 0.15) is 30.0 Å². The molecule has 8 heteroatoms. The molecular weight excluding hydrogens is 291 g/mol. The van der Waals surface area contributed by atoms with E-state index < -0.39 is 35.2 Å². The number of alkyl halides is 2. The number of nitrogens with zero attached hydrogens (tertiary/aromatic N) is 3. The summed E-state index contributed by atoms with van der Waals surface area (Å²) < 4.78 is 52.1. The zero-order chi connectivity index (χ0) is 14.3. The average Bonchev–Trinajstić information content (AvgIpc) is 2.99. The topological polar surface area (TPSA) is 53.8 Å². The van der Waals surface area contributed by atoms with Crippen molar-refractivity contribution in [2.45, 2.75) is 23.8 Å². The molecule has 0 aliphatic carbocycles. The molecule has 3 atom stereocenters. The lowest BCUT2D eigenvalue weighted by Gasteiger charge is -2.11. The Bertz CT molecular complexity index is 636. The molecule has 4 nitrogen and oxygen atoms in total. The first-order valence-corrected chi connectivity index (χ1v) is 7.22. The largest absolute Gasteiger partial charge is 0.607 e. The van der Waals surface area contributed by atoms with E-state index in [1.165, 1.54) is 22.9 Å². The maximum absolute atomic E-state index is 13.9. The fourth-order valence-corrected chi connectivity index (χ4v) is 2.77. The number of hydrogen-bond donors (Lipinski definition) is 0. The molecule has 1 aromatic carbocycles. The van der Waals surface area contributed by atoms with Gasteiger partial charge in [-0.2, -0.15) is 9.37 Å². The second kappa shape index (κ2) is 5.10. The predicted molar refractivity (Wildman–Crippen MR) is 65.4 cm³/mol. The molecule has 2 aromatic rings. The van der Waals surface area contributed by atoms with Crippen molar-refractivity contribution >= 4 is 11.2 Å². The summed E-state index contributed by atoms with van der Waals surface area (Å²) in [6, 6.07) is 4.12. The van der Waals surface area contributed by atoms with E-state index in [-0.39, 0.29) is 17.4 Å². The molecule has 0 bridgehead atoms. The summed E-state index contributed by atoms with van der Waals surface area (Å²) >= 11 is -1.99. The number of halogens is 3. The van der Waals surface area contributed by atoms with E-state index in [0.717, 1.165) is 0 Å². The first-order valence-electron chi connectivity index (χ1n) is 5.90. The summed E-state index contributed by atoms with van der Waals surface area (Å²) in [5.41, 5.74) is 0.550. The summed E-state index contributed by atoms with van der Waals surface area (Å²) in [6.07, 6.45) is -1.30. The van der Waals surface area contributed by atoms with E-state index in [0.29, 0.717) is 5.56 Å². The monoisotopic (exact) mass is 301 g/mol. The van der Waals surface area contributed by atoms with Crippen LogP contribution in [0, 0.1) is 5.82 Å². The number of fused-ring (bicyclic) bond motifs is 1. The third-order valence-electron chi connectivity index (χ3n) is 3.18. The first kappa shape index (κ1) is 13.4. The molecule has 0 radical (unpaired) electrons. The third kappa shape index (κ3) is 2.18. The Kier molecular flexibility index (Phi) is 3.43. The van der Waals surface area contributed by atoms with Crippen molar-refractivity contribution in [1.82, 2.24) is 14.8 Å². The molecule has 1 aliphatic rings. The van der Waals surface area contributed by atoms with Gasteiger partial charge in [-0.1, -0.05) is 12.1 Å². The summed E-state index contributed by atoms with van der Waals surface area (Å²) in [6.45, 7) is 0. The van der Waals surface area contributed by atoms with Crippen LogP contribution in [0.4, 0.5) is 13.2 Å². The molecule has 1 unspecified atom stereocenters. The van der Waals surface area contributed by atoms with Crippen molar-refractivity contribution in [2.24, 2.45) is 0 Å². The van der Waals surface area contributed by atoms with Crippen LogP contribution in [0.2, 0.25) is 0 Å². The standard InChI is InChI=1S/C12H10F3N3OS/c13-6-20(19)12-16-11-9(15)5-10(18(11)17-12)7-2-1-3-8(14)4-7/h1-4,9-10H,5-6H2/t9-,10-,20?/m0/s1. The summed E-state index contributed by atoms with van der Waals surface area (Å²) in [7, 11) is 0. The van der Waals surface area contributed by atoms with Gasteiger partial charge in [0.1, 0.15) is 5.82 Å². The highest BCUT2D eigenvalue weighted by molar-refractivity contribution is 7.91. The van der Waals surface area contributed by atoms with Crippen molar-refractivity contribution in [2.75, 3.05) is 6.01 Å². The van der Waals surface area contributed by atoms with E-state index >= 15 is 0 Å². The second-order valence-corrected chi connectivity index (χ2v) is 5.70. The van der Waals surface area contributed by atoms with Gasteiger partial charge in [0.15, 0.2) is 12.0 Å². The molecule has 0 amide bonds. The van der Waals surface area contributed by atoms with Crippen molar-refractivity contribution in [3.63, 3.8) is 0 Å². The van der Waals surface area contributed by atoms with Gasteiger partial charge in [0.2, 0.25) is 0 Å². The molecule has 0 spiro atoms. The van der Waals surface area contributed by atoms with Gasteiger partial charge in [-0.25, -0.2) is 13.5 Å². The quantitative estimate of drug-likeness (QED) is 0.818. The van der Waals surface area contributed by atoms with Gasteiger partial charge in [0.25, 0.3) is 6.01 Å². The SMILES string of the molecule is [O-][S+](CF)c1nc2n(n1)[C@H](c1cccc(F)c1)C[C@@H]2F. The third-order valence-corrected chi connectivity index (χ3v) is 3.96. The van der Waals surface area contributed by atoms with Gasteiger partial charge >= 0.3 is 5.16 Å². The molecule has 3 rings (SSSR count). The highest BCUT2D eigenvalue weighted by atomic mass is 32.2. The van der Waals surface area contributed by atoms with Crippen molar-refractivity contribution in [3.8, 4) is 0 Å². The number of benzene rings is 1. The van der Waals surface area contributed by atoms with Gasteiger partial charge in [0, 0.05) is 6.42 Å². The molecule has 0 saturated carbocycles. The van der Waals surface area contributed by atoms with Gasteiger partial charge < -0.3 is 4.55 Å². The number of hydrogen-bond acceptors (Lipinski definition) is 3. The van der Waals surface area contributed by atoms with Crippen LogP contribution >= 0.6 is 0 Å². The Morgan fingerprint density at radius 3 is 2.95 bits per heavy atom. The minimum atomic E-state index is -1.99. The summed E-state index contributed by atoms with van der Waals surface area (Å²) in [5.74, 6) is -0.421. The molecular formula is C12H10F3N3OS. The number of aromatic nitrogens is 3. The van der Waals surface area contributed by atoms with Crippen LogP contribution in [-0.4, -0.2) is 25.3 Å². The van der Waals surface area contributed by atoms with Gasteiger partial charge in [0.05, 0.1) is 17.2 Å². The molecule has 0 fully saturated rings. The van der Waals surface area contributed by atoms with Gasteiger partial charge in [-0.05, 0) is 17.7 Å².